The van der Waals surface area contributed by atoms with Crippen molar-refractivity contribution in [1.29, 1.82) is 0 Å². The smallest absolute Gasteiger partial charge is 0.321 e. The summed E-state index contributed by atoms with van der Waals surface area (Å²) in [7, 11) is 1.36. The van der Waals surface area contributed by atoms with E-state index >= 15 is 0 Å². The third kappa shape index (κ3) is 6.84. The van der Waals surface area contributed by atoms with Crippen LogP contribution in [0.25, 0.3) is 0 Å². The normalized spacial score (nSPS) is 23.7. The van der Waals surface area contributed by atoms with Crippen molar-refractivity contribution in [3.8, 4) is 5.88 Å². The van der Waals surface area contributed by atoms with Gasteiger partial charge in [0.15, 0.2) is 0 Å². The Balaban J connectivity index is 1.69. The molecule has 2 heterocycles. The predicted octanol–water partition coefficient (Wildman–Crippen LogP) is 0.162. The Kier molecular flexibility index (Phi) is 9.62. The Morgan fingerprint density at radius 1 is 1.14 bits per heavy atom. The molecule has 0 radical (unpaired) electrons. The number of carbonyl (C=O) groups excluding carboxylic acids is 2. The number of carbonyl (C=O) groups is 2. The quantitative estimate of drug-likeness (QED) is 0.253. The van der Waals surface area contributed by atoms with Gasteiger partial charge in [-0.05, 0) is 29.9 Å². The molecule has 0 aliphatic carbocycles. The van der Waals surface area contributed by atoms with E-state index < -0.39 is 43.3 Å². The third-order valence-corrected chi connectivity index (χ3v) is 6.48. The van der Waals surface area contributed by atoms with Crippen molar-refractivity contribution in [1.82, 2.24) is 15.1 Å². The van der Waals surface area contributed by atoms with Gasteiger partial charge in [0.05, 0.1) is 6.61 Å². The van der Waals surface area contributed by atoms with Gasteiger partial charge in [-0.25, -0.2) is 4.79 Å². The average Bonchev–Trinajstić information content (AvgIpc) is 3.26. The number of primary amides is 1. The van der Waals surface area contributed by atoms with Crippen molar-refractivity contribution in [3.05, 3.63) is 46.6 Å². The molecule has 1 aliphatic heterocycles. The van der Waals surface area contributed by atoms with Crippen molar-refractivity contribution in [2.75, 3.05) is 13.7 Å². The summed E-state index contributed by atoms with van der Waals surface area (Å²) in [6.45, 7) is 3.43. The second kappa shape index (κ2) is 12.5. The predicted molar refractivity (Wildman–Crippen MR) is 132 cm³/mol. The van der Waals surface area contributed by atoms with Crippen molar-refractivity contribution < 1.29 is 39.5 Å². The molecule has 5 atom stereocenters. The zero-order valence-electron chi connectivity index (χ0n) is 21.2. The number of ether oxygens (including phenoxy) is 2. The van der Waals surface area contributed by atoms with Crippen LogP contribution in [0.4, 0.5) is 4.79 Å². The fourth-order valence-electron chi connectivity index (χ4n) is 4.14. The van der Waals surface area contributed by atoms with Crippen molar-refractivity contribution in [2.45, 2.75) is 76.2 Å². The van der Waals surface area contributed by atoms with Gasteiger partial charge in [-0.15, -0.1) is 5.10 Å². The lowest BCUT2D eigenvalue weighted by Crippen LogP contribution is -2.60. The first-order valence-electron chi connectivity index (χ1n) is 12.2. The number of amides is 3. The molecule has 204 valence electrons. The molecule has 1 fully saturated rings. The standard InChI is InChI=1S/C25H36N4O8/c1-13(2)19-16(23(28-27-19)37-24-22(34)21(33)20(32)17(12-30)36-24)11-15-9-7-14(8-10-15)5-4-6-18(31)29(3)25(26)35/h7-10,13,17,20-22,24,30,32-34H,4-6,11-12H2,1-3H3,(H2,26,35)(H,27,28)/t17-,20-,21+,22-,24+/m1/s1. The van der Waals surface area contributed by atoms with Gasteiger partial charge in [0.1, 0.15) is 24.4 Å². The molecule has 3 rings (SSSR count). The van der Waals surface area contributed by atoms with Crippen molar-refractivity contribution >= 4 is 11.9 Å². The van der Waals surface area contributed by atoms with Gasteiger partial charge in [0.2, 0.25) is 18.1 Å². The van der Waals surface area contributed by atoms with Crippen LogP contribution in [-0.2, 0) is 22.4 Å². The average molecular weight is 521 g/mol. The number of imide groups is 1. The van der Waals surface area contributed by atoms with Gasteiger partial charge in [-0.2, -0.15) is 0 Å². The van der Waals surface area contributed by atoms with Gasteiger partial charge in [-0.3, -0.25) is 14.8 Å². The van der Waals surface area contributed by atoms with Gasteiger partial charge < -0.3 is 35.6 Å². The maximum atomic E-state index is 11.9. The monoisotopic (exact) mass is 520 g/mol. The van der Waals surface area contributed by atoms with Crippen LogP contribution in [0.2, 0.25) is 0 Å². The number of nitrogens with one attached hydrogen (secondary N) is 1. The number of aromatic nitrogens is 2. The van der Waals surface area contributed by atoms with E-state index in [0.717, 1.165) is 27.3 Å². The number of aliphatic hydroxyl groups excluding tert-OH is 4. The van der Waals surface area contributed by atoms with Crippen molar-refractivity contribution in [2.24, 2.45) is 5.73 Å². The lowest BCUT2D eigenvalue weighted by molar-refractivity contribution is -0.278. The van der Waals surface area contributed by atoms with E-state index in [0.29, 0.717) is 19.3 Å². The maximum absolute atomic E-state index is 11.9. The minimum absolute atomic E-state index is 0.0880. The first-order chi connectivity index (χ1) is 17.5. The van der Waals surface area contributed by atoms with Crippen LogP contribution >= 0.6 is 0 Å². The van der Waals surface area contributed by atoms with Gasteiger partial charge in [-0.1, -0.05) is 38.1 Å². The summed E-state index contributed by atoms with van der Waals surface area (Å²) < 4.78 is 11.3. The Morgan fingerprint density at radius 2 is 1.78 bits per heavy atom. The number of urea groups is 1. The first-order valence-corrected chi connectivity index (χ1v) is 12.2. The molecule has 7 N–H and O–H groups in total. The number of nitrogens with two attached hydrogens (primary N) is 1. The minimum Gasteiger partial charge on any atom is -0.443 e. The molecule has 12 heteroatoms. The van der Waals surface area contributed by atoms with E-state index in [1.807, 2.05) is 38.1 Å². The molecule has 1 aromatic heterocycles. The molecule has 1 saturated heterocycles. The maximum Gasteiger partial charge on any atom is 0.321 e. The number of aromatic amines is 1. The number of aliphatic hydroxyl groups is 4. The highest BCUT2D eigenvalue weighted by Crippen LogP contribution is 2.31. The Labute approximate surface area is 215 Å². The van der Waals surface area contributed by atoms with Crippen molar-refractivity contribution in [3.63, 3.8) is 0 Å². The van der Waals surface area contributed by atoms with Crippen LogP contribution in [0.1, 0.15) is 55.0 Å². The number of hydrogen-bond acceptors (Lipinski definition) is 9. The highest BCUT2D eigenvalue weighted by Gasteiger charge is 2.45. The summed E-state index contributed by atoms with van der Waals surface area (Å²) in [5, 5.41) is 47.1. The summed E-state index contributed by atoms with van der Waals surface area (Å²) in [5.74, 6) is -0.0450. The number of H-pyrrole nitrogens is 1. The summed E-state index contributed by atoms with van der Waals surface area (Å²) in [4.78, 5) is 23.9. The molecule has 0 unspecified atom stereocenters. The van der Waals surface area contributed by atoms with E-state index in [-0.39, 0.29) is 24.1 Å². The van der Waals surface area contributed by atoms with Crippen LogP contribution in [0.5, 0.6) is 5.88 Å². The zero-order valence-corrected chi connectivity index (χ0v) is 21.2. The van der Waals surface area contributed by atoms with E-state index in [4.69, 9.17) is 15.2 Å². The Bertz CT molecular complexity index is 1060. The van der Waals surface area contributed by atoms with Crippen LogP contribution in [0, 0.1) is 0 Å². The molecule has 0 spiro atoms. The molecule has 1 aromatic carbocycles. The van der Waals surface area contributed by atoms with Gasteiger partial charge >= 0.3 is 6.03 Å². The highest BCUT2D eigenvalue weighted by molar-refractivity contribution is 5.93. The molecule has 37 heavy (non-hydrogen) atoms. The molecule has 0 bridgehead atoms. The molecule has 3 amide bonds. The summed E-state index contributed by atoms with van der Waals surface area (Å²) >= 11 is 0. The van der Waals surface area contributed by atoms with Gasteiger partial charge in [0.25, 0.3) is 0 Å². The van der Waals surface area contributed by atoms with E-state index in [9.17, 15) is 30.0 Å². The molecule has 1 aliphatic rings. The van der Waals surface area contributed by atoms with Crippen LogP contribution < -0.4 is 10.5 Å². The Hall–Kier alpha value is -3.03. The number of nitrogens with zero attached hydrogens (tertiary/aromatic N) is 2. The second-order valence-corrected chi connectivity index (χ2v) is 9.53. The fourth-order valence-corrected chi connectivity index (χ4v) is 4.14. The fraction of sp³-hybridized carbons (Fsp3) is 0.560. The van der Waals surface area contributed by atoms with Crippen LogP contribution in [0.15, 0.2) is 24.3 Å². The SMILES string of the molecule is CC(C)c1[nH]nc(O[C@@H]2O[C@H](CO)[C@@H](O)[C@H](O)[C@H]2O)c1Cc1ccc(CCCC(=O)N(C)C(N)=O)cc1. The van der Waals surface area contributed by atoms with E-state index in [2.05, 4.69) is 10.2 Å². The van der Waals surface area contributed by atoms with Gasteiger partial charge in [0, 0.05) is 31.1 Å². The lowest BCUT2D eigenvalue weighted by atomic mass is 9.97. The number of hydrogen-bond donors (Lipinski definition) is 6. The summed E-state index contributed by atoms with van der Waals surface area (Å²) in [6.07, 6.45) is -5.10. The summed E-state index contributed by atoms with van der Waals surface area (Å²) in [6, 6.07) is 7.07. The first kappa shape index (κ1) is 28.5. The number of aryl methyl sites for hydroxylation is 1. The minimum atomic E-state index is -1.55. The largest absolute Gasteiger partial charge is 0.443 e. The topological polar surface area (TPSA) is 191 Å². The molecule has 12 nitrogen and oxygen atoms in total. The number of rotatable bonds is 10. The highest BCUT2D eigenvalue weighted by atomic mass is 16.7. The number of benzene rings is 1. The molecular weight excluding hydrogens is 484 g/mol. The van der Waals surface area contributed by atoms with E-state index in [1.165, 1.54) is 7.05 Å². The lowest BCUT2D eigenvalue weighted by Gasteiger charge is -2.39. The second-order valence-electron chi connectivity index (χ2n) is 9.53. The third-order valence-electron chi connectivity index (χ3n) is 6.48. The van der Waals surface area contributed by atoms with E-state index in [1.54, 1.807) is 0 Å². The van der Waals surface area contributed by atoms with Crippen LogP contribution in [-0.4, -0.2) is 91.8 Å². The Morgan fingerprint density at radius 3 is 2.38 bits per heavy atom. The van der Waals surface area contributed by atoms with Crippen LogP contribution in [0.3, 0.4) is 0 Å². The zero-order chi connectivity index (χ0) is 27.3. The molecule has 2 aromatic rings. The molecular formula is C25H36N4O8. The summed E-state index contributed by atoms with van der Waals surface area (Å²) in [5.41, 5.74) is 8.70. The molecule has 0 saturated carbocycles.